The van der Waals surface area contributed by atoms with Gasteiger partial charge in [0.15, 0.2) is 0 Å². The number of aliphatic hydroxyl groups excluding tert-OH is 3. The van der Waals surface area contributed by atoms with Crippen molar-refractivity contribution in [3.63, 3.8) is 0 Å². The molecule has 1 saturated heterocycles. The van der Waals surface area contributed by atoms with Crippen LogP contribution in [0.25, 0.3) is 0 Å². The van der Waals surface area contributed by atoms with Gasteiger partial charge in [-0.2, -0.15) is 12.6 Å². The zero-order valence-corrected chi connectivity index (χ0v) is 38.1. The third kappa shape index (κ3) is 17.3. The highest BCUT2D eigenvalue weighted by Gasteiger charge is 2.38. The van der Waals surface area contributed by atoms with E-state index in [1.165, 1.54) is 36.1 Å². The topological polar surface area (TPSA) is 394 Å². The van der Waals surface area contributed by atoms with Crippen LogP contribution in [0, 0.1) is 5.92 Å². The Kier molecular flexibility index (Phi) is 24.4. The number of carboxylic acid groups (broad SMARTS) is 1. The zero-order valence-electron chi connectivity index (χ0n) is 37.2. The maximum atomic E-state index is 13.9. The average molecular weight is 955 g/mol. The van der Waals surface area contributed by atoms with Gasteiger partial charge in [-0.3, -0.25) is 38.4 Å². The number of aliphatic hydroxyl groups is 3. The summed E-state index contributed by atoms with van der Waals surface area (Å²) >= 11 is 4.07. The van der Waals surface area contributed by atoms with Gasteiger partial charge in [0, 0.05) is 18.7 Å². The third-order valence-corrected chi connectivity index (χ3v) is 11.2. The van der Waals surface area contributed by atoms with Gasteiger partial charge in [0.2, 0.25) is 47.3 Å². The van der Waals surface area contributed by atoms with Crippen LogP contribution in [0.1, 0.15) is 64.9 Å². The molecule has 1 aromatic carbocycles. The quantitative estimate of drug-likeness (QED) is 0.0276. The number of aromatic hydroxyl groups is 1. The van der Waals surface area contributed by atoms with E-state index in [9.17, 15) is 68.7 Å². The number of thiol groups is 1. The van der Waals surface area contributed by atoms with Crippen LogP contribution in [0.3, 0.4) is 0 Å². The van der Waals surface area contributed by atoms with E-state index in [1.54, 1.807) is 13.8 Å². The molecule has 24 nitrogen and oxygen atoms in total. The Balaban J connectivity index is 2.31. The van der Waals surface area contributed by atoms with E-state index >= 15 is 0 Å². The summed E-state index contributed by atoms with van der Waals surface area (Å²) in [5.74, 6) is -9.53. The number of rotatable bonds is 28. The molecule has 0 aliphatic carbocycles. The van der Waals surface area contributed by atoms with Gasteiger partial charge in [-0.1, -0.05) is 32.4 Å². The molecule has 1 aliphatic heterocycles. The summed E-state index contributed by atoms with van der Waals surface area (Å²) in [4.78, 5) is 120. The van der Waals surface area contributed by atoms with E-state index in [1.807, 2.05) is 0 Å². The van der Waals surface area contributed by atoms with E-state index in [2.05, 4.69) is 49.8 Å². The molecule has 0 unspecified atom stereocenters. The van der Waals surface area contributed by atoms with Gasteiger partial charge in [-0.05, 0) is 69.2 Å². The second kappa shape index (κ2) is 28.4. The number of phenolic OH excluding ortho intramolecular Hbond substituents is 1. The van der Waals surface area contributed by atoms with Crippen LogP contribution < -0.4 is 48.7 Å². The summed E-state index contributed by atoms with van der Waals surface area (Å²) in [5, 5.41) is 65.6. The van der Waals surface area contributed by atoms with Gasteiger partial charge in [0.1, 0.15) is 54.1 Å². The van der Waals surface area contributed by atoms with Crippen LogP contribution in [0.5, 0.6) is 5.75 Å². The smallest absolute Gasteiger partial charge is 0.328 e. The van der Waals surface area contributed by atoms with Gasteiger partial charge < -0.3 is 79.1 Å². The SMILES string of the molecule is CC[C@H](C)[C@H](NC(=O)[C@H](CO)NC(=O)[C@H](Cc1ccc(O)cc1)NC(=O)[C@H](CO)NC(=O)[C@@H]1CCCN1C(=O)[C@@H](C)N)C(=O)N[C@@H](CCCCN)C(=O)N[C@@H](CS)C(=O)N[C@@H](CO)C(=O)O. The maximum Gasteiger partial charge on any atom is 0.328 e. The monoisotopic (exact) mass is 954 g/mol. The summed E-state index contributed by atoms with van der Waals surface area (Å²) < 4.78 is 0. The highest BCUT2D eigenvalue weighted by Crippen LogP contribution is 2.19. The molecule has 66 heavy (non-hydrogen) atoms. The summed E-state index contributed by atoms with van der Waals surface area (Å²) in [6.45, 7) is 2.44. The molecule has 0 saturated carbocycles. The number of unbranched alkanes of at least 4 members (excludes halogenated alkanes) is 1. The summed E-state index contributed by atoms with van der Waals surface area (Å²) in [6, 6.07) is -6.92. The predicted molar refractivity (Wildman–Crippen MR) is 239 cm³/mol. The predicted octanol–water partition coefficient (Wildman–Crippen LogP) is -5.17. The van der Waals surface area contributed by atoms with Gasteiger partial charge in [0.05, 0.1) is 25.9 Å². The number of nitrogens with one attached hydrogen (secondary N) is 7. The van der Waals surface area contributed by atoms with Crippen LogP contribution in [-0.4, -0.2) is 177 Å². The van der Waals surface area contributed by atoms with Crippen molar-refractivity contribution in [1.29, 1.82) is 0 Å². The Bertz CT molecular complexity index is 1830. The molecule has 8 amide bonds. The number of nitrogens with two attached hydrogens (primary N) is 2. The van der Waals surface area contributed by atoms with Crippen molar-refractivity contribution in [1.82, 2.24) is 42.1 Å². The number of hydrogen-bond donors (Lipinski definition) is 15. The largest absolute Gasteiger partial charge is 0.508 e. The fraction of sp³-hybridized carbons (Fsp3) is 0.634. The van der Waals surface area contributed by atoms with Crippen molar-refractivity contribution < 1.29 is 68.7 Å². The standard InChI is InChI=1S/C41H66N10O14S/c1-4-21(2)32(39(62)44-25(8-5-6-14-42)33(56)49-30(20-66)37(60)48-29(19-54)41(64)65)50-36(59)28(18-53)46-34(57)26(16-23-10-12-24(55)13-11-23)45-35(58)27(17-52)47-38(61)31-9-7-15-51(31)40(63)22(3)43/h10-13,21-22,25-32,52-55,66H,4-9,14-20,42-43H2,1-3H3,(H,44,62)(H,45,58)(H,46,57)(H,47,61)(H,48,60)(H,49,56)(H,50,59)(H,64,65)/t21-,22+,25-,26-,27-,28-,29-,30-,31-,32-/m0/s1. The first-order valence-corrected chi connectivity index (χ1v) is 22.2. The number of amides is 8. The number of aliphatic carboxylic acids is 1. The van der Waals surface area contributed by atoms with Gasteiger partial charge in [-0.15, -0.1) is 0 Å². The molecule has 0 bridgehead atoms. The summed E-state index contributed by atoms with van der Waals surface area (Å²) in [7, 11) is 0. The molecule has 0 spiro atoms. The minimum atomic E-state index is -1.73. The summed E-state index contributed by atoms with van der Waals surface area (Å²) in [5.41, 5.74) is 11.8. The number of likely N-dealkylation sites (tertiary alicyclic amines) is 1. The van der Waals surface area contributed by atoms with Gasteiger partial charge >= 0.3 is 5.97 Å². The van der Waals surface area contributed by atoms with Crippen LogP contribution in [0.2, 0.25) is 0 Å². The number of carbonyl (C=O) groups excluding carboxylic acids is 8. The highest BCUT2D eigenvalue weighted by atomic mass is 32.1. The van der Waals surface area contributed by atoms with E-state index in [0.29, 0.717) is 31.2 Å². The van der Waals surface area contributed by atoms with Crippen molar-refractivity contribution in [3.05, 3.63) is 29.8 Å². The van der Waals surface area contributed by atoms with Crippen LogP contribution in [0.4, 0.5) is 0 Å². The number of carboxylic acids is 1. The number of nitrogens with zero attached hydrogens (tertiary/aromatic N) is 1. The molecule has 10 atom stereocenters. The fourth-order valence-electron chi connectivity index (χ4n) is 6.75. The molecule has 1 aromatic rings. The lowest BCUT2D eigenvalue weighted by Crippen LogP contribution is -2.62. The Labute approximate surface area is 387 Å². The Morgan fingerprint density at radius 2 is 1.21 bits per heavy atom. The van der Waals surface area contributed by atoms with E-state index in [4.69, 9.17) is 11.5 Å². The van der Waals surface area contributed by atoms with Crippen molar-refractivity contribution >= 4 is 65.9 Å². The Morgan fingerprint density at radius 1 is 0.712 bits per heavy atom. The second-order valence-electron chi connectivity index (χ2n) is 15.9. The van der Waals surface area contributed by atoms with Gasteiger partial charge in [0.25, 0.3) is 0 Å². The number of phenols is 1. The van der Waals surface area contributed by atoms with Crippen LogP contribution in [-0.2, 0) is 49.6 Å². The lowest BCUT2D eigenvalue weighted by atomic mass is 9.97. The van der Waals surface area contributed by atoms with Crippen molar-refractivity contribution in [2.45, 2.75) is 120 Å². The zero-order chi connectivity index (χ0) is 49.7. The second-order valence-corrected chi connectivity index (χ2v) is 16.3. The molecule has 0 radical (unpaired) electrons. The number of carbonyl (C=O) groups is 9. The summed E-state index contributed by atoms with van der Waals surface area (Å²) in [6.07, 6.45) is 1.59. The van der Waals surface area contributed by atoms with Crippen LogP contribution in [0.15, 0.2) is 24.3 Å². The van der Waals surface area contributed by atoms with Gasteiger partial charge in [-0.25, -0.2) is 4.79 Å². The Hall–Kier alpha value is -5.60. The lowest BCUT2D eigenvalue weighted by molar-refractivity contribution is -0.143. The minimum Gasteiger partial charge on any atom is -0.508 e. The van der Waals surface area contributed by atoms with Crippen molar-refractivity contribution in [3.8, 4) is 5.75 Å². The fourth-order valence-corrected chi connectivity index (χ4v) is 7.00. The molecule has 25 heteroatoms. The molecule has 0 aromatic heterocycles. The average Bonchev–Trinajstić information content (AvgIpc) is 3.79. The van der Waals surface area contributed by atoms with E-state index < -0.39 is 133 Å². The molecule has 2 rings (SSSR count). The van der Waals surface area contributed by atoms with Crippen molar-refractivity contribution in [2.24, 2.45) is 17.4 Å². The molecule has 1 heterocycles. The van der Waals surface area contributed by atoms with Crippen LogP contribution >= 0.6 is 12.6 Å². The first-order valence-electron chi connectivity index (χ1n) is 21.6. The lowest BCUT2D eigenvalue weighted by Gasteiger charge is -2.29. The molecular weight excluding hydrogens is 889 g/mol. The van der Waals surface area contributed by atoms with E-state index in [0.717, 1.165) is 0 Å². The van der Waals surface area contributed by atoms with E-state index in [-0.39, 0.29) is 43.9 Å². The molecule has 370 valence electrons. The first kappa shape index (κ1) is 56.5. The molecule has 1 aliphatic rings. The minimum absolute atomic E-state index is 0.0157. The molecule has 1 fully saturated rings. The number of hydrogen-bond acceptors (Lipinski definition) is 16. The normalized spacial score (nSPS) is 17.5. The first-order chi connectivity index (χ1) is 31.3. The maximum absolute atomic E-state index is 13.9. The molecule has 16 N–H and O–H groups in total. The molecular formula is C41H66N10O14S. The Morgan fingerprint density at radius 3 is 1.76 bits per heavy atom. The number of benzene rings is 1. The third-order valence-electron chi connectivity index (χ3n) is 10.9. The van der Waals surface area contributed by atoms with Crippen molar-refractivity contribution in [2.75, 3.05) is 38.7 Å². The highest BCUT2D eigenvalue weighted by molar-refractivity contribution is 7.80.